The van der Waals surface area contributed by atoms with Crippen molar-refractivity contribution in [1.82, 2.24) is 9.88 Å². The number of para-hydroxylation sites is 1. The van der Waals surface area contributed by atoms with Crippen molar-refractivity contribution < 1.29 is 5.11 Å². The minimum atomic E-state index is -0.549. The number of aliphatic hydroxyl groups is 1. The monoisotopic (exact) mass is 356 g/mol. The summed E-state index contributed by atoms with van der Waals surface area (Å²) < 4.78 is 2.18. The normalized spacial score (nSPS) is 13.5. The Bertz CT molecular complexity index is 979. The number of rotatable bonds is 7. The summed E-state index contributed by atoms with van der Waals surface area (Å²) >= 11 is 0. The van der Waals surface area contributed by atoms with Gasteiger partial charge in [-0.1, -0.05) is 78.9 Å². The van der Waals surface area contributed by atoms with Crippen LogP contribution in [0.1, 0.15) is 17.2 Å². The molecule has 3 aromatic carbocycles. The van der Waals surface area contributed by atoms with Gasteiger partial charge in [0.05, 0.1) is 12.1 Å². The topological polar surface area (TPSA) is 37.2 Å². The number of aliphatic hydroxyl groups excluding tert-OH is 1. The standard InChI is InChI=1S/C24H24N2O/c27-23(18-25-17-19-9-3-1-4-10-19)24(21-12-5-2-6-13-21)26-16-15-20-11-7-8-14-22(20)26/h1-16,23-25,27H,17-18H2. The molecule has 136 valence electrons. The van der Waals surface area contributed by atoms with Gasteiger partial charge in [0.25, 0.3) is 0 Å². The Labute approximate surface area is 159 Å². The minimum Gasteiger partial charge on any atom is -0.389 e. The van der Waals surface area contributed by atoms with E-state index in [1.54, 1.807) is 0 Å². The molecule has 0 bridgehead atoms. The lowest BCUT2D eigenvalue weighted by molar-refractivity contribution is 0.129. The van der Waals surface area contributed by atoms with Gasteiger partial charge in [-0.25, -0.2) is 0 Å². The fourth-order valence-electron chi connectivity index (χ4n) is 3.64. The van der Waals surface area contributed by atoms with E-state index in [0.717, 1.165) is 17.6 Å². The average Bonchev–Trinajstić information content (AvgIpc) is 3.14. The maximum atomic E-state index is 11.1. The van der Waals surface area contributed by atoms with E-state index in [4.69, 9.17) is 0 Å². The summed E-state index contributed by atoms with van der Waals surface area (Å²) in [5.74, 6) is 0. The van der Waals surface area contributed by atoms with E-state index in [1.165, 1.54) is 10.9 Å². The van der Waals surface area contributed by atoms with Crippen LogP contribution in [0.2, 0.25) is 0 Å². The van der Waals surface area contributed by atoms with E-state index in [1.807, 2.05) is 48.5 Å². The summed E-state index contributed by atoms with van der Waals surface area (Å²) in [6.45, 7) is 1.26. The zero-order chi connectivity index (χ0) is 18.5. The highest BCUT2D eigenvalue weighted by Gasteiger charge is 2.23. The van der Waals surface area contributed by atoms with Crippen LogP contribution in [0.15, 0.2) is 97.2 Å². The smallest absolute Gasteiger partial charge is 0.0912 e. The molecular weight excluding hydrogens is 332 g/mol. The average molecular weight is 356 g/mol. The lowest BCUT2D eigenvalue weighted by Crippen LogP contribution is -2.34. The van der Waals surface area contributed by atoms with Crippen LogP contribution < -0.4 is 5.32 Å². The Hall–Kier alpha value is -2.88. The van der Waals surface area contributed by atoms with Crippen molar-refractivity contribution in [2.45, 2.75) is 18.7 Å². The first-order valence-corrected chi connectivity index (χ1v) is 9.36. The molecule has 0 spiro atoms. The van der Waals surface area contributed by atoms with Crippen LogP contribution in [0.4, 0.5) is 0 Å². The molecule has 1 aromatic heterocycles. The van der Waals surface area contributed by atoms with Gasteiger partial charge >= 0.3 is 0 Å². The van der Waals surface area contributed by atoms with Gasteiger partial charge in [-0.3, -0.25) is 0 Å². The molecule has 0 radical (unpaired) electrons. The Morgan fingerprint density at radius 3 is 2.22 bits per heavy atom. The minimum absolute atomic E-state index is 0.144. The summed E-state index contributed by atoms with van der Waals surface area (Å²) in [4.78, 5) is 0. The first-order valence-electron chi connectivity index (χ1n) is 9.36. The molecule has 0 aliphatic carbocycles. The number of hydrogen-bond acceptors (Lipinski definition) is 2. The molecule has 2 atom stereocenters. The molecule has 2 N–H and O–H groups in total. The zero-order valence-corrected chi connectivity index (χ0v) is 15.2. The molecule has 1 heterocycles. The van der Waals surface area contributed by atoms with Gasteiger partial charge in [-0.15, -0.1) is 0 Å². The van der Waals surface area contributed by atoms with Gasteiger partial charge < -0.3 is 15.0 Å². The van der Waals surface area contributed by atoms with E-state index < -0.39 is 6.10 Å². The van der Waals surface area contributed by atoms with Crippen LogP contribution >= 0.6 is 0 Å². The molecule has 0 fully saturated rings. The van der Waals surface area contributed by atoms with Crippen molar-refractivity contribution in [2.24, 2.45) is 0 Å². The highest BCUT2D eigenvalue weighted by Crippen LogP contribution is 2.27. The molecule has 0 saturated heterocycles. The number of nitrogens with zero attached hydrogens (tertiary/aromatic N) is 1. The zero-order valence-electron chi connectivity index (χ0n) is 15.2. The number of benzene rings is 3. The Morgan fingerprint density at radius 2 is 1.44 bits per heavy atom. The van der Waals surface area contributed by atoms with Gasteiger partial charge in [0.1, 0.15) is 0 Å². The van der Waals surface area contributed by atoms with Crippen molar-refractivity contribution in [3.05, 3.63) is 108 Å². The lowest BCUT2D eigenvalue weighted by Gasteiger charge is -2.26. The van der Waals surface area contributed by atoms with E-state index in [9.17, 15) is 5.11 Å². The number of nitrogens with one attached hydrogen (secondary N) is 1. The van der Waals surface area contributed by atoms with Gasteiger partial charge in [0.2, 0.25) is 0 Å². The first-order chi connectivity index (χ1) is 13.3. The van der Waals surface area contributed by atoms with Crippen molar-refractivity contribution >= 4 is 10.9 Å². The van der Waals surface area contributed by atoms with E-state index in [-0.39, 0.29) is 6.04 Å². The summed E-state index contributed by atoms with van der Waals surface area (Å²) in [5, 5.41) is 15.7. The van der Waals surface area contributed by atoms with Crippen LogP contribution in [0.25, 0.3) is 10.9 Å². The third-order valence-corrected chi connectivity index (χ3v) is 4.96. The van der Waals surface area contributed by atoms with E-state index >= 15 is 0 Å². The molecule has 4 aromatic rings. The quantitative estimate of drug-likeness (QED) is 0.516. The Morgan fingerprint density at radius 1 is 0.778 bits per heavy atom. The second-order valence-electron chi connectivity index (χ2n) is 6.82. The van der Waals surface area contributed by atoms with Crippen LogP contribution in [0, 0.1) is 0 Å². The third kappa shape index (κ3) is 3.95. The fourth-order valence-corrected chi connectivity index (χ4v) is 3.64. The van der Waals surface area contributed by atoms with Crippen molar-refractivity contribution in [3.63, 3.8) is 0 Å². The molecule has 0 amide bonds. The second kappa shape index (κ2) is 8.21. The molecule has 3 nitrogen and oxygen atoms in total. The number of hydrogen-bond donors (Lipinski definition) is 2. The second-order valence-corrected chi connectivity index (χ2v) is 6.82. The van der Waals surface area contributed by atoms with E-state index in [0.29, 0.717) is 6.54 Å². The molecular formula is C24H24N2O. The molecule has 27 heavy (non-hydrogen) atoms. The predicted octanol–water partition coefficient (Wildman–Crippen LogP) is 4.38. The van der Waals surface area contributed by atoms with Gasteiger partial charge in [-0.05, 0) is 28.6 Å². The summed E-state index contributed by atoms with van der Waals surface area (Å²) in [6.07, 6.45) is 1.52. The van der Waals surface area contributed by atoms with Crippen LogP contribution in [-0.2, 0) is 6.54 Å². The van der Waals surface area contributed by atoms with Crippen LogP contribution in [0.3, 0.4) is 0 Å². The number of fused-ring (bicyclic) bond motifs is 1. The fraction of sp³-hybridized carbons (Fsp3) is 0.167. The molecule has 2 unspecified atom stereocenters. The van der Waals surface area contributed by atoms with Gasteiger partial charge in [0.15, 0.2) is 0 Å². The first kappa shape index (κ1) is 17.5. The Kier molecular flexibility index (Phi) is 5.33. The largest absolute Gasteiger partial charge is 0.389 e. The predicted molar refractivity (Wildman–Crippen MR) is 111 cm³/mol. The van der Waals surface area contributed by atoms with Crippen LogP contribution in [-0.4, -0.2) is 22.3 Å². The van der Waals surface area contributed by atoms with Crippen LogP contribution in [0.5, 0.6) is 0 Å². The van der Waals surface area contributed by atoms with Gasteiger partial charge in [-0.2, -0.15) is 0 Å². The molecule has 0 aliphatic heterocycles. The summed E-state index contributed by atoms with van der Waals surface area (Å²) in [6, 6.07) is 30.8. The van der Waals surface area contributed by atoms with Gasteiger partial charge in [0, 0.05) is 24.8 Å². The summed E-state index contributed by atoms with van der Waals surface area (Å²) in [5.41, 5.74) is 3.45. The molecule has 4 rings (SSSR count). The van der Waals surface area contributed by atoms with Crippen molar-refractivity contribution in [3.8, 4) is 0 Å². The molecule has 3 heteroatoms. The van der Waals surface area contributed by atoms with Crippen molar-refractivity contribution in [2.75, 3.05) is 6.54 Å². The maximum absolute atomic E-state index is 11.1. The molecule has 0 aliphatic rings. The third-order valence-electron chi connectivity index (χ3n) is 4.96. The van der Waals surface area contributed by atoms with E-state index in [2.05, 4.69) is 58.5 Å². The Balaban J connectivity index is 1.58. The number of aromatic nitrogens is 1. The highest BCUT2D eigenvalue weighted by atomic mass is 16.3. The van der Waals surface area contributed by atoms with Crippen molar-refractivity contribution in [1.29, 1.82) is 0 Å². The lowest BCUT2D eigenvalue weighted by atomic mass is 10.0. The summed E-state index contributed by atoms with van der Waals surface area (Å²) in [7, 11) is 0. The highest BCUT2D eigenvalue weighted by molar-refractivity contribution is 5.80. The molecule has 0 saturated carbocycles. The maximum Gasteiger partial charge on any atom is 0.0912 e. The SMILES string of the molecule is OC(CNCc1ccccc1)C(c1ccccc1)n1ccc2ccccc21.